The van der Waals surface area contributed by atoms with Gasteiger partial charge in [-0.1, -0.05) is 35.6 Å². The summed E-state index contributed by atoms with van der Waals surface area (Å²) in [5.41, 5.74) is 3.53. The Hall–Kier alpha value is -3.84. The van der Waals surface area contributed by atoms with Crippen LogP contribution >= 0.6 is 11.3 Å². The Balaban J connectivity index is 1.37. The molecule has 1 aliphatic heterocycles. The summed E-state index contributed by atoms with van der Waals surface area (Å²) in [6, 6.07) is 19.0. The number of hydrogen-bond donors (Lipinski definition) is 1. The molecule has 146 valence electrons. The molecule has 1 aliphatic rings. The van der Waals surface area contributed by atoms with Crippen LogP contribution in [-0.2, 0) is 0 Å². The maximum absolute atomic E-state index is 12.6. The minimum Gasteiger partial charge on any atom is -0.298 e. The standard InChI is InChI=1S/C23H15N3O3S/c1-13-5-4-8-18-19(13)24-23(30-18)25-20(27)14-9-11-15(12-10-14)26-21(28)16-6-2-3-7-17(16)22(26)29/h2-12H,1H3,(H,24,25,27). The zero-order valence-electron chi connectivity index (χ0n) is 15.9. The largest absolute Gasteiger partial charge is 0.298 e. The molecule has 0 atom stereocenters. The lowest BCUT2D eigenvalue weighted by atomic mass is 10.1. The molecule has 0 saturated carbocycles. The van der Waals surface area contributed by atoms with Crippen molar-refractivity contribution in [3.8, 4) is 0 Å². The van der Waals surface area contributed by atoms with E-state index in [1.54, 1.807) is 48.5 Å². The molecule has 0 fully saturated rings. The van der Waals surface area contributed by atoms with Crippen molar-refractivity contribution >= 4 is 50.1 Å². The first-order chi connectivity index (χ1) is 14.5. The molecule has 0 spiro atoms. The lowest BCUT2D eigenvalue weighted by Crippen LogP contribution is -2.29. The van der Waals surface area contributed by atoms with Gasteiger partial charge in [0.05, 0.1) is 27.0 Å². The first-order valence-electron chi connectivity index (χ1n) is 9.28. The van der Waals surface area contributed by atoms with Crippen LogP contribution in [0.15, 0.2) is 66.7 Å². The second-order valence-electron chi connectivity index (χ2n) is 6.93. The Morgan fingerprint density at radius 2 is 1.57 bits per heavy atom. The number of imide groups is 1. The third kappa shape index (κ3) is 2.87. The first kappa shape index (κ1) is 18.2. The molecule has 0 radical (unpaired) electrons. The summed E-state index contributed by atoms with van der Waals surface area (Å²) in [5, 5.41) is 3.34. The molecule has 0 bridgehead atoms. The van der Waals surface area contributed by atoms with Gasteiger partial charge in [0.2, 0.25) is 0 Å². The number of anilines is 2. The number of benzene rings is 3. The fraction of sp³-hybridized carbons (Fsp3) is 0.0435. The number of hydrogen-bond acceptors (Lipinski definition) is 5. The van der Waals surface area contributed by atoms with Crippen LogP contribution in [0.1, 0.15) is 36.6 Å². The Labute approximate surface area is 175 Å². The van der Waals surface area contributed by atoms with Crippen LogP contribution in [0.4, 0.5) is 10.8 Å². The summed E-state index contributed by atoms with van der Waals surface area (Å²) in [7, 11) is 0. The molecule has 3 aromatic carbocycles. The van der Waals surface area contributed by atoms with Gasteiger partial charge in [-0.2, -0.15) is 0 Å². The summed E-state index contributed by atoms with van der Waals surface area (Å²) in [5.74, 6) is -1.03. The number of rotatable bonds is 3. The molecule has 0 saturated heterocycles. The second kappa shape index (κ2) is 6.89. The van der Waals surface area contributed by atoms with Gasteiger partial charge in [0.1, 0.15) is 0 Å². The number of thiazole rings is 1. The van der Waals surface area contributed by atoms with Crippen molar-refractivity contribution in [1.29, 1.82) is 0 Å². The monoisotopic (exact) mass is 413 g/mol. The Kier molecular flexibility index (Phi) is 4.18. The molecule has 4 aromatic rings. The highest BCUT2D eigenvalue weighted by Gasteiger charge is 2.36. The maximum Gasteiger partial charge on any atom is 0.266 e. The van der Waals surface area contributed by atoms with E-state index in [-0.39, 0.29) is 17.7 Å². The average molecular weight is 413 g/mol. The zero-order valence-corrected chi connectivity index (χ0v) is 16.7. The van der Waals surface area contributed by atoms with Crippen LogP contribution in [0, 0.1) is 6.92 Å². The van der Waals surface area contributed by atoms with Crippen LogP contribution in [0.25, 0.3) is 10.2 Å². The number of nitrogens with one attached hydrogen (secondary N) is 1. The van der Waals surface area contributed by atoms with Gasteiger partial charge in [-0.3, -0.25) is 19.7 Å². The number of carbonyl (C=O) groups is 3. The van der Waals surface area contributed by atoms with Crippen molar-refractivity contribution in [2.45, 2.75) is 6.92 Å². The number of aryl methyl sites for hydroxylation is 1. The normalized spacial score (nSPS) is 13.0. The lowest BCUT2D eigenvalue weighted by Gasteiger charge is -2.14. The smallest absolute Gasteiger partial charge is 0.266 e. The number of amides is 3. The van der Waals surface area contributed by atoms with Crippen molar-refractivity contribution < 1.29 is 14.4 Å². The Bertz CT molecular complexity index is 1310. The number of fused-ring (bicyclic) bond motifs is 2. The van der Waals surface area contributed by atoms with E-state index in [1.807, 2.05) is 25.1 Å². The van der Waals surface area contributed by atoms with Gasteiger partial charge in [-0.15, -0.1) is 0 Å². The van der Waals surface area contributed by atoms with Gasteiger partial charge in [-0.05, 0) is 55.0 Å². The van der Waals surface area contributed by atoms with Crippen LogP contribution in [0.2, 0.25) is 0 Å². The molecule has 1 N–H and O–H groups in total. The van der Waals surface area contributed by atoms with Crippen LogP contribution in [0.5, 0.6) is 0 Å². The fourth-order valence-electron chi connectivity index (χ4n) is 3.49. The lowest BCUT2D eigenvalue weighted by molar-refractivity contribution is 0.0925. The van der Waals surface area contributed by atoms with Crippen molar-refractivity contribution in [3.05, 3.63) is 89.0 Å². The molecular weight excluding hydrogens is 398 g/mol. The van der Waals surface area contributed by atoms with Crippen molar-refractivity contribution in [3.63, 3.8) is 0 Å². The van der Waals surface area contributed by atoms with Gasteiger partial charge in [-0.25, -0.2) is 9.88 Å². The van der Waals surface area contributed by atoms with Crippen LogP contribution in [0.3, 0.4) is 0 Å². The molecule has 1 aromatic heterocycles. The summed E-state index contributed by atoms with van der Waals surface area (Å²) in [4.78, 5) is 43.4. The third-order valence-corrected chi connectivity index (χ3v) is 5.96. The molecule has 2 heterocycles. The van der Waals surface area contributed by atoms with Crippen LogP contribution in [-0.4, -0.2) is 22.7 Å². The van der Waals surface area contributed by atoms with Crippen molar-refractivity contribution in [2.75, 3.05) is 10.2 Å². The summed E-state index contributed by atoms with van der Waals surface area (Å²) < 4.78 is 1.01. The molecule has 5 rings (SSSR count). The van der Waals surface area contributed by atoms with Crippen molar-refractivity contribution in [2.24, 2.45) is 0 Å². The average Bonchev–Trinajstić information content (AvgIpc) is 3.28. The SMILES string of the molecule is Cc1cccc2sc(NC(=O)c3ccc(N4C(=O)c5ccccc5C4=O)cc3)nc12. The van der Waals surface area contributed by atoms with Crippen LogP contribution < -0.4 is 10.2 Å². The summed E-state index contributed by atoms with van der Waals surface area (Å²) >= 11 is 1.41. The van der Waals surface area contributed by atoms with Gasteiger partial charge in [0, 0.05) is 5.56 Å². The van der Waals surface area contributed by atoms with Crippen molar-refractivity contribution in [1.82, 2.24) is 4.98 Å². The highest BCUT2D eigenvalue weighted by atomic mass is 32.1. The topological polar surface area (TPSA) is 79.4 Å². The highest BCUT2D eigenvalue weighted by molar-refractivity contribution is 7.22. The number of aromatic nitrogens is 1. The van der Waals surface area contributed by atoms with E-state index in [0.717, 1.165) is 20.7 Å². The van der Waals surface area contributed by atoms with E-state index in [1.165, 1.54) is 11.3 Å². The first-order valence-corrected chi connectivity index (χ1v) is 10.1. The maximum atomic E-state index is 12.6. The fourth-order valence-corrected chi connectivity index (χ4v) is 4.43. The van der Waals surface area contributed by atoms with E-state index in [9.17, 15) is 14.4 Å². The molecular formula is C23H15N3O3S. The molecule has 0 unspecified atom stereocenters. The van der Waals surface area contributed by atoms with E-state index >= 15 is 0 Å². The Morgan fingerprint density at radius 1 is 0.900 bits per heavy atom. The Morgan fingerprint density at radius 3 is 2.20 bits per heavy atom. The number of para-hydroxylation sites is 1. The van der Waals surface area contributed by atoms with Gasteiger partial charge in [0.15, 0.2) is 5.13 Å². The minimum atomic E-state index is -0.363. The van der Waals surface area contributed by atoms with Gasteiger partial charge >= 0.3 is 0 Å². The van der Waals surface area contributed by atoms with Gasteiger partial charge < -0.3 is 0 Å². The molecule has 3 amide bonds. The van der Waals surface area contributed by atoms with E-state index in [0.29, 0.717) is 27.5 Å². The van der Waals surface area contributed by atoms with E-state index < -0.39 is 0 Å². The molecule has 7 heteroatoms. The minimum absolute atomic E-state index is 0.305. The molecule has 0 aliphatic carbocycles. The predicted molar refractivity (Wildman–Crippen MR) is 116 cm³/mol. The van der Waals surface area contributed by atoms with E-state index in [4.69, 9.17) is 0 Å². The third-order valence-electron chi connectivity index (χ3n) is 5.02. The number of nitrogens with zero attached hydrogens (tertiary/aromatic N) is 2. The molecule has 30 heavy (non-hydrogen) atoms. The second-order valence-corrected chi connectivity index (χ2v) is 7.96. The predicted octanol–water partition coefficient (Wildman–Crippen LogP) is 4.66. The quantitative estimate of drug-likeness (QED) is 0.496. The zero-order chi connectivity index (χ0) is 20.8. The van der Waals surface area contributed by atoms with Gasteiger partial charge in [0.25, 0.3) is 17.7 Å². The summed E-state index contributed by atoms with van der Waals surface area (Å²) in [6.07, 6.45) is 0. The highest BCUT2D eigenvalue weighted by Crippen LogP contribution is 2.30. The number of carbonyl (C=O) groups excluding carboxylic acids is 3. The van der Waals surface area contributed by atoms with E-state index in [2.05, 4.69) is 10.3 Å². The summed E-state index contributed by atoms with van der Waals surface area (Å²) in [6.45, 7) is 1.98. The molecule has 6 nitrogen and oxygen atoms in total.